The molecule has 1 aliphatic rings. The van der Waals surface area contributed by atoms with Gasteiger partial charge < -0.3 is 20.5 Å². The van der Waals surface area contributed by atoms with Gasteiger partial charge in [0.25, 0.3) is 0 Å². The van der Waals surface area contributed by atoms with Crippen LogP contribution in [0.5, 0.6) is 0 Å². The molecule has 2 rings (SSSR count). The highest BCUT2D eigenvalue weighted by molar-refractivity contribution is 7.17. The Bertz CT molecular complexity index is 541. The molecule has 0 saturated carbocycles. The number of hydrogen-bond donors (Lipinski definition) is 2. The van der Waals surface area contributed by atoms with Crippen LogP contribution < -0.4 is 11.1 Å². The van der Waals surface area contributed by atoms with Crippen LogP contribution in [0, 0.1) is 0 Å². The number of amides is 1. The monoisotopic (exact) mass is 312 g/mol. The number of nitrogens with one attached hydrogen (secondary N) is 1. The van der Waals surface area contributed by atoms with Gasteiger partial charge in [-0.2, -0.15) is 0 Å². The van der Waals surface area contributed by atoms with Crippen molar-refractivity contribution < 1.29 is 19.1 Å². The summed E-state index contributed by atoms with van der Waals surface area (Å²) in [7, 11) is 2.83. The van der Waals surface area contributed by atoms with Gasteiger partial charge in [-0.05, 0) is 31.2 Å². The zero-order valence-electron chi connectivity index (χ0n) is 12.2. The van der Waals surface area contributed by atoms with Crippen molar-refractivity contribution in [3.63, 3.8) is 0 Å². The predicted octanol–water partition coefficient (Wildman–Crippen LogP) is 1.33. The summed E-state index contributed by atoms with van der Waals surface area (Å²) in [5, 5.41) is 3.27. The number of nitrogens with two attached hydrogens (primary N) is 1. The van der Waals surface area contributed by atoms with Gasteiger partial charge in [-0.1, -0.05) is 0 Å². The van der Waals surface area contributed by atoms with Crippen molar-refractivity contribution in [1.82, 2.24) is 0 Å². The Balaban J connectivity index is 2.28. The van der Waals surface area contributed by atoms with E-state index in [4.69, 9.17) is 15.2 Å². The van der Waals surface area contributed by atoms with Gasteiger partial charge in [-0.25, -0.2) is 4.79 Å². The molecule has 116 valence electrons. The highest BCUT2D eigenvalue weighted by atomic mass is 32.1. The summed E-state index contributed by atoms with van der Waals surface area (Å²) >= 11 is 1.44. The molecule has 1 aromatic heterocycles. The Hall–Kier alpha value is -1.44. The highest BCUT2D eigenvalue weighted by Crippen LogP contribution is 2.38. The summed E-state index contributed by atoms with van der Waals surface area (Å²) in [5.41, 5.74) is 7.20. The number of esters is 1. The van der Waals surface area contributed by atoms with Gasteiger partial charge in [0, 0.05) is 12.0 Å². The fraction of sp³-hybridized carbons (Fsp3) is 0.571. The third-order valence-electron chi connectivity index (χ3n) is 3.48. The van der Waals surface area contributed by atoms with Gasteiger partial charge in [-0.3, -0.25) is 4.79 Å². The maximum absolute atomic E-state index is 12.0. The van der Waals surface area contributed by atoms with E-state index in [9.17, 15) is 9.59 Å². The molecular formula is C14H20N2O4S. The Morgan fingerprint density at radius 2 is 2.05 bits per heavy atom. The number of rotatable bonds is 5. The summed E-state index contributed by atoms with van der Waals surface area (Å²) in [6.45, 7) is 0.129. The second-order valence-corrected chi connectivity index (χ2v) is 6.06. The van der Waals surface area contributed by atoms with E-state index in [1.165, 1.54) is 25.6 Å². The van der Waals surface area contributed by atoms with E-state index in [0.29, 0.717) is 10.6 Å². The van der Waals surface area contributed by atoms with Crippen molar-refractivity contribution in [1.29, 1.82) is 0 Å². The quantitative estimate of drug-likeness (QED) is 0.800. The smallest absolute Gasteiger partial charge is 0.341 e. The van der Waals surface area contributed by atoms with E-state index in [1.54, 1.807) is 0 Å². The summed E-state index contributed by atoms with van der Waals surface area (Å²) in [6.07, 6.45) is 3.93. The van der Waals surface area contributed by atoms with Crippen molar-refractivity contribution >= 4 is 28.2 Å². The first-order valence-electron chi connectivity index (χ1n) is 6.86. The lowest BCUT2D eigenvalue weighted by Crippen LogP contribution is -2.39. The number of hydrogen-bond acceptors (Lipinski definition) is 6. The van der Waals surface area contributed by atoms with Gasteiger partial charge in [0.05, 0.1) is 19.3 Å². The Morgan fingerprint density at radius 1 is 1.33 bits per heavy atom. The van der Waals surface area contributed by atoms with Crippen LogP contribution in [0.3, 0.4) is 0 Å². The summed E-state index contributed by atoms with van der Waals surface area (Å²) in [6, 6.07) is -0.764. The second kappa shape index (κ2) is 7.02. The highest BCUT2D eigenvalue weighted by Gasteiger charge is 2.27. The Morgan fingerprint density at radius 3 is 2.71 bits per heavy atom. The van der Waals surface area contributed by atoms with E-state index in [0.717, 1.165) is 36.1 Å². The van der Waals surface area contributed by atoms with Gasteiger partial charge >= 0.3 is 5.97 Å². The number of aryl methyl sites for hydroxylation is 1. The van der Waals surface area contributed by atoms with Crippen LogP contribution in [0.25, 0.3) is 0 Å². The number of thiophene rings is 1. The number of fused-ring (bicyclic) bond motifs is 1. The third-order valence-corrected chi connectivity index (χ3v) is 4.69. The molecule has 1 unspecified atom stereocenters. The number of anilines is 1. The normalized spacial score (nSPS) is 15.2. The molecule has 0 spiro atoms. The molecule has 0 saturated heterocycles. The average Bonchev–Trinajstić information content (AvgIpc) is 2.84. The molecule has 3 N–H and O–H groups in total. The van der Waals surface area contributed by atoms with Crippen molar-refractivity contribution in [2.24, 2.45) is 5.73 Å². The van der Waals surface area contributed by atoms with E-state index >= 15 is 0 Å². The minimum absolute atomic E-state index is 0.129. The molecule has 7 heteroatoms. The van der Waals surface area contributed by atoms with E-state index in [-0.39, 0.29) is 12.5 Å². The van der Waals surface area contributed by atoms with Crippen molar-refractivity contribution in [3.05, 3.63) is 16.0 Å². The van der Waals surface area contributed by atoms with E-state index in [2.05, 4.69) is 5.32 Å². The molecule has 0 aromatic carbocycles. The number of ether oxygens (including phenoxy) is 2. The maximum Gasteiger partial charge on any atom is 0.341 e. The fourth-order valence-electron chi connectivity index (χ4n) is 2.43. The van der Waals surface area contributed by atoms with E-state index < -0.39 is 12.0 Å². The van der Waals surface area contributed by atoms with Crippen LogP contribution in [0.1, 0.15) is 33.6 Å². The minimum Gasteiger partial charge on any atom is -0.465 e. The minimum atomic E-state index is -0.764. The molecule has 0 fully saturated rings. The van der Waals surface area contributed by atoms with Crippen molar-refractivity contribution in [3.8, 4) is 0 Å². The molecule has 1 heterocycles. The molecule has 6 nitrogen and oxygen atoms in total. The van der Waals surface area contributed by atoms with Crippen LogP contribution in [-0.4, -0.2) is 38.7 Å². The summed E-state index contributed by atoms with van der Waals surface area (Å²) < 4.78 is 9.72. The van der Waals surface area contributed by atoms with Crippen LogP contribution in [-0.2, 0) is 27.1 Å². The lowest BCUT2D eigenvalue weighted by atomic mass is 9.95. The van der Waals surface area contributed by atoms with Gasteiger partial charge in [0.2, 0.25) is 5.91 Å². The molecule has 21 heavy (non-hydrogen) atoms. The predicted molar refractivity (Wildman–Crippen MR) is 80.8 cm³/mol. The summed E-state index contributed by atoms with van der Waals surface area (Å²) in [4.78, 5) is 25.2. The zero-order chi connectivity index (χ0) is 15.4. The summed E-state index contributed by atoms with van der Waals surface area (Å²) in [5.74, 6) is -0.773. The molecule has 1 atom stereocenters. The topological polar surface area (TPSA) is 90.6 Å². The standard InChI is InChI=1S/C14H20N2O4S/c1-19-7-9(15)12(17)16-13-11(14(18)20-2)8-5-3-4-6-10(8)21-13/h9H,3-7,15H2,1-2H3,(H,16,17). The molecule has 0 aliphatic heterocycles. The second-order valence-electron chi connectivity index (χ2n) is 4.96. The molecule has 1 amide bonds. The first kappa shape index (κ1) is 15.9. The maximum atomic E-state index is 12.0. The van der Waals surface area contributed by atoms with Crippen molar-refractivity contribution in [2.75, 3.05) is 26.1 Å². The number of carbonyl (C=O) groups excluding carboxylic acids is 2. The zero-order valence-corrected chi connectivity index (χ0v) is 13.0. The first-order valence-corrected chi connectivity index (χ1v) is 7.68. The van der Waals surface area contributed by atoms with Gasteiger partial charge in [0.15, 0.2) is 0 Å². The lowest BCUT2D eigenvalue weighted by molar-refractivity contribution is -0.118. The largest absolute Gasteiger partial charge is 0.465 e. The third kappa shape index (κ3) is 3.42. The Kier molecular flexibility index (Phi) is 5.33. The fourth-order valence-corrected chi connectivity index (χ4v) is 3.71. The van der Waals surface area contributed by atoms with Crippen LogP contribution in [0.15, 0.2) is 0 Å². The van der Waals surface area contributed by atoms with Gasteiger partial charge in [-0.15, -0.1) is 11.3 Å². The van der Waals surface area contributed by atoms with Crippen molar-refractivity contribution in [2.45, 2.75) is 31.7 Å². The number of methoxy groups -OCH3 is 2. The number of carbonyl (C=O) groups is 2. The first-order chi connectivity index (χ1) is 10.1. The van der Waals surface area contributed by atoms with Crippen LogP contribution in [0.4, 0.5) is 5.00 Å². The molecular weight excluding hydrogens is 292 g/mol. The Labute approximate surface area is 127 Å². The average molecular weight is 312 g/mol. The molecule has 0 bridgehead atoms. The van der Waals surface area contributed by atoms with E-state index in [1.807, 2.05) is 0 Å². The molecule has 0 radical (unpaired) electrons. The van der Waals surface area contributed by atoms with Gasteiger partial charge in [0.1, 0.15) is 11.0 Å². The lowest BCUT2D eigenvalue weighted by Gasteiger charge is -2.12. The van der Waals surface area contributed by atoms with Crippen LogP contribution in [0.2, 0.25) is 0 Å². The SMILES string of the molecule is COCC(N)C(=O)Nc1sc2c(c1C(=O)OC)CCCC2. The van der Waals surface area contributed by atoms with Crippen LogP contribution >= 0.6 is 11.3 Å². The molecule has 1 aromatic rings. The molecule has 1 aliphatic carbocycles.